The van der Waals surface area contributed by atoms with E-state index in [-0.39, 0.29) is 14.2 Å². The van der Waals surface area contributed by atoms with Gasteiger partial charge in [0, 0.05) is 26.4 Å². The Labute approximate surface area is 116 Å². The van der Waals surface area contributed by atoms with Crippen LogP contribution in [0.15, 0.2) is 22.6 Å². The highest BCUT2D eigenvalue weighted by molar-refractivity contribution is 6.78. The summed E-state index contributed by atoms with van der Waals surface area (Å²) in [6.07, 6.45) is 4.01. The fraction of sp³-hybridized carbons (Fsp3) is 0.692. The van der Waals surface area contributed by atoms with Gasteiger partial charge in [-0.1, -0.05) is 17.2 Å². The monoisotopic (exact) mass is 264 g/mol. The Bertz CT molecular complexity index is 332. The predicted octanol–water partition coefficient (Wildman–Crippen LogP) is 2.20. The molecule has 0 amide bonds. The summed E-state index contributed by atoms with van der Waals surface area (Å²) in [5.74, 6) is 0. The lowest BCUT2D eigenvalue weighted by molar-refractivity contribution is 0.127. The molecule has 2 heterocycles. The highest BCUT2D eigenvalue weighted by Crippen LogP contribution is 2.22. The predicted molar refractivity (Wildman–Crippen MR) is 76.7 cm³/mol. The fourth-order valence-electron chi connectivity index (χ4n) is 2.33. The maximum atomic E-state index is 5.73. The minimum atomic E-state index is -0.340. The topological polar surface area (TPSA) is 36.9 Å². The number of hydrogen-bond donors (Lipinski definition) is 0. The van der Waals surface area contributed by atoms with Gasteiger partial charge in [-0.25, -0.2) is 0 Å². The molecule has 2 aliphatic heterocycles. The summed E-state index contributed by atoms with van der Waals surface area (Å²) in [6.45, 7) is 9.11. The van der Waals surface area contributed by atoms with Gasteiger partial charge in [-0.2, -0.15) is 0 Å². The van der Waals surface area contributed by atoms with Crippen LogP contribution in [0.5, 0.6) is 0 Å². The van der Waals surface area contributed by atoms with Gasteiger partial charge < -0.3 is 18.6 Å². The second kappa shape index (κ2) is 7.29. The van der Waals surface area contributed by atoms with Crippen LogP contribution in [0.4, 0.5) is 0 Å². The van der Waals surface area contributed by atoms with Crippen LogP contribution in [-0.2, 0) is 18.6 Å². The van der Waals surface area contributed by atoms with E-state index in [1.54, 1.807) is 0 Å². The molecule has 0 aromatic carbocycles. The van der Waals surface area contributed by atoms with Crippen molar-refractivity contribution in [3.05, 3.63) is 22.6 Å². The summed E-state index contributed by atoms with van der Waals surface area (Å²) in [7, 11) is -0.681. The molecule has 0 atom stereocenters. The van der Waals surface area contributed by atoms with Gasteiger partial charge in [0.25, 0.3) is 0 Å². The lowest BCUT2D eigenvalue weighted by atomic mass is 9.54. The molecule has 0 radical (unpaired) electrons. The lowest BCUT2D eigenvalue weighted by Crippen LogP contribution is -2.43. The van der Waals surface area contributed by atoms with E-state index in [0.29, 0.717) is 0 Å². The van der Waals surface area contributed by atoms with Crippen molar-refractivity contribution >= 4 is 14.2 Å². The third kappa shape index (κ3) is 4.21. The zero-order chi connectivity index (χ0) is 13.7. The van der Waals surface area contributed by atoms with Crippen molar-refractivity contribution in [2.75, 3.05) is 26.4 Å². The van der Waals surface area contributed by atoms with Crippen molar-refractivity contribution in [3.63, 3.8) is 0 Å². The molecule has 2 rings (SSSR count). The molecule has 19 heavy (non-hydrogen) atoms. The normalized spacial score (nSPS) is 20.2. The minimum absolute atomic E-state index is 0.340. The maximum absolute atomic E-state index is 5.73. The summed E-state index contributed by atoms with van der Waals surface area (Å²) in [4.78, 5) is 0. The van der Waals surface area contributed by atoms with Gasteiger partial charge >= 0.3 is 14.2 Å². The van der Waals surface area contributed by atoms with Gasteiger partial charge in [0.2, 0.25) is 0 Å². The van der Waals surface area contributed by atoms with E-state index in [2.05, 4.69) is 26.8 Å². The van der Waals surface area contributed by atoms with Crippen LogP contribution in [0.3, 0.4) is 0 Å². The highest BCUT2D eigenvalue weighted by atomic mass is 16.6. The van der Waals surface area contributed by atoms with E-state index in [4.69, 9.17) is 18.6 Å². The summed E-state index contributed by atoms with van der Waals surface area (Å²) in [5.41, 5.74) is 2.35. The fourth-order valence-corrected chi connectivity index (χ4v) is 2.33. The Kier molecular flexibility index (Phi) is 5.70. The van der Waals surface area contributed by atoms with Crippen molar-refractivity contribution < 1.29 is 18.6 Å². The molecular formula is C13H22B2O4. The van der Waals surface area contributed by atoms with Crippen LogP contribution in [0.25, 0.3) is 0 Å². The Morgan fingerprint density at radius 3 is 1.58 bits per heavy atom. The van der Waals surface area contributed by atoms with Crippen molar-refractivity contribution in [1.29, 1.82) is 0 Å². The molecule has 0 aromatic heterocycles. The van der Waals surface area contributed by atoms with Crippen LogP contribution >= 0.6 is 0 Å². The molecule has 6 heteroatoms. The molecule has 2 aliphatic rings. The molecular weight excluding hydrogens is 242 g/mol. The van der Waals surface area contributed by atoms with Crippen LogP contribution in [0.2, 0.25) is 0 Å². The third-order valence-corrected chi connectivity index (χ3v) is 3.12. The van der Waals surface area contributed by atoms with Crippen LogP contribution < -0.4 is 0 Å². The summed E-state index contributed by atoms with van der Waals surface area (Å²) >= 11 is 0. The van der Waals surface area contributed by atoms with Gasteiger partial charge in [0.1, 0.15) is 0 Å². The maximum Gasteiger partial charge on any atom is 0.485 e. The van der Waals surface area contributed by atoms with Crippen molar-refractivity contribution in [1.82, 2.24) is 0 Å². The molecule has 4 nitrogen and oxygen atoms in total. The second-order valence-corrected chi connectivity index (χ2v) is 5.21. The van der Waals surface area contributed by atoms with E-state index in [1.807, 2.05) is 0 Å². The average Bonchev–Trinajstić information content (AvgIpc) is 2.40. The molecule has 2 fully saturated rings. The second-order valence-electron chi connectivity index (χ2n) is 5.21. The quantitative estimate of drug-likeness (QED) is 0.578. The van der Waals surface area contributed by atoms with E-state index in [1.165, 1.54) is 5.57 Å². The average molecular weight is 264 g/mol. The van der Waals surface area contributed by atoms with Crippen molar-refractivity contribution in [2.24, 2.45) is 0 Å². The standard InChI is InChI=1S/C13H22B2O4/c1-11(2)10-12(3)13(14-16-6-4-7-17-14)15-18-8-5-9-19-15/h10H,4-9H2,1-3H3. The van der Waals surface area contributed by atoms with E-state index >= 15 is 0 Å². The first-order valence-electron chi connectivity index (χ1n) is 7.00. The summed E-state index contributed by atoms with van der Waals surface area (Å²) < 4.78 is 22.9. The van der Waals surface area contributed by atoms with Gasteiger partial charge in [-0.15, -0.1) is 0 Å². The van der Waals surface area contributed by atoms with Gasteiger partial charge in [-0.3, -0.25) is 0 Å². The zero-order valence-electron chi connectivity index (χ0n) is 12.1. The Morgan fingerprint density at radius 2 is 1.21 bits per heavy atom. The Morgan fingerprint density at radius 1 is 0.789 bits per heavy atom. The summed E-state index contributed by atoms with van der Waals surface area (Å²) in [6, 6.07) is 0. The molecule has 0 aromatic rings. The summed E-state index contributed by atoms with van der Waals surface area (Å²) in [5, 5.41) is 0.973. The zero-order valence-corrected chi connectivity index (χ0v) is 12.1. The Balaban J connectivity index is 2.22. The SMILES string of the molecule is CC(C)=CC(C)=C(B1OCCCO1)B1OCCCO1. The lowest BCUT2D eigenvalue weighted by Gasteiger charge is -2.28. The number of hydrogen-bond acceptors (Lipinski definition) is 4. The smallest absolute Gasteiger partial charge is 0.408 e. The van der Waals surface area contributed by atoms with Gasteiger partial charge in [0.05, 0.1) is 0 Å². The van der Waals surface area contributed by atoms with Gasteiger partial charge in [-0.05, 0) is 39.0 Å². The van der Waals surface area contributed by atoms with E-state index in [0.717, 1.165) is 50.2 Å². The van der Waals surface area contributed by atoms with Crippen LogP contribution in [0.1, 0.15) is 33.6 Å². The van der Waals surface area contributed by atoms with E-state index < -0.39 is 0 Å². The van der Waals surface area contributed by atoms with Crippen molar-refractivity contribution in [3.8, 4) is 0 Å². The molecule has 0 aliphatic carbocycles. The first kappa shape index (κ1) is 14.9. The van der Waals surface area contributed by atoms with Crippen LogP contribution in [-0.4, -0.2) is 40.7 Å². The minimum Gasteiger partial charge on any atom is -0.408 e. The van der Waals surface area contributed by atoms with E-state index in [9.17, 15) is 0 Å². The van der Waals surface area contributed by atoms with Gasteiger partial charge in [0.15, 0.2) is 0 Å². The molecule has 0 spiro atoms. The Hall–Kier alpha value is -0.550. The third-order valence-electron chi connectivity index (χ3n) is 3.12. The highest BCUT2D eigenvalue weighted by Gasteiger charge is 2.40. The molecule has 0 unspecified atom stereocenters. The molecule has 0 N–H and O–H groups in total. The molecule has 104 valence electrons. The first-order chi connectivity index (χ1) is 9.18. The molecule has 0 bridgehead atoms. The van der Waals surface area contributed by atoms with Crippen molar-refractivity contribution in [2.45, 2.75) is 33.6 Å². The largest absolute Gasteiger partial charge is 0.485 e. The molecule has 0 saturated carbocycles. The number of rotatable bonds is 3. The van der Waals surface area contributed by atoms with Crippen LogP contribution in [0, 0.1) is 0 Å². The molecule has 2 saturated heterocycles. The first-order valence-corrected chi connectivity index (χ1v) is 7.00. The number of allylic oxidation sites excluding steroid dienone is 3.